The maximum absolute atomic E-state index is 13.7. The first-order valence-corrected chi connectivity index (χ1v) is 8.98. The standard InChI is InChI=1S/C19H16F5N5O/c1-27-17(18(23)24)11(7-25-27)19(30)29-4-3-10-14(8-29)26-28(2)16(10)9-5-12(20)15(22)13(21)6-9/h5-7,18H,3-4,8H2,1-2H3. The highest BCUT2D eigenvalue weighted by molar-refractivity contribution is 5.95. The van der Waals surface area contributed by atoms with E-state index in [-0.39, 0.29) is 30.6 Å². The van der Waals surface area contributed by atoms with E-state index < -0.39 is 35.5 Å². The molecule has 0 bridgehead atoms. The number of benzene rings is 1. The average Bonchev–Trinajstić information content (AvgIpc) is 3.23. The van der Waals surface area contributed by atoms with Gasteiger partial charge < -0.3 is 4.90 Å². The molecule has 0 aliphatic carbocycles. The van der Waals surface area contributed by atoms with E-state index in [0.29, 0.717) is 17.0 Å². The van der Waals surface area contributed by atoms with Crippen LogP contribution in [-0.2, 0) is 27.1 Å². The summed E-state index contributed by atoms with van der Waals surface area (Å²) in [7, 11) is 2.90. The summed E-state index contributed by atoms with van der Waals surface area (Å²) in [6.45, 7) is 0.222. The molecule has 158 valence electrons. The molecule has 3 heterocycles. The van der Waals surface area contributed by atoms with Crippen molar-refractivity contribution in [3.63, 3.8) is 0 Å². The molecule has 1 aromatic carbocycles. The maximum Gasteiger partial charge on any atom is 0.280 e. The van der Waals surface area contributed by atoms with Gasteiger partial charge in [0.2, 0.25) is 0 Å². The zero-order valence-electron chi connectivity index (χ0n) is 16.0. The minimum Gasteiger partial charge on any atom is -0.332 e. The molecular formula is C19H16F5N5O. The minimum absolute atomic E-state index is 0.0335. The molecule has 6 nitrogen and oxygen atoms in total. The van der Waals surface area contributed by atoms with Crippen LogP contribution < -0.4 is 0 Å². The summed E-state index contributed by atoms with van der Waals surface area (Å²) in [5.41, 5.74) is 1.01. The highest BCUT2D eigenvalue weighted by Gasteiger charge is 2.31. The van der Waals surface area contributed by atoms with Gasteiger partial charge in [-0.2, -0.15) is 10.2 Å². The molecule has 0 atom stereocenters. The number of alkyl halides is 2. The van der Waals surface area contributed by atoms with Crippen LogP contribution in [0.15, 0.2) is 18.3 Å². The van der Waals surface area contributed by atoms with Crippen molar-refractivity contribution in [2.24, 2.45) is 14.1 Å². The van der Waals surface area contributed by atoms with E-state index in [4.69, 9.17) is 0 Å². The predicted octanol–water partition coefficient (Wildman–Crippen LogP) is 3.37. The van der Waals surface area contributed by atoms with Crippen LogP contribution >= 0.6 is 0 Å². The summed E-state index contributed by atoms with van der Waals surface area (Å²) in [6, 6.07) is 1.77. The molecule has 2 aromatic heterocycles. The van der Waals surface area contributed by atoms with Gasteiger partial charge in [-0.3, -0.25) is 14.2 Å². The first-order valence-electron chi connectivity index (χ1n) is 8.98. The fraction of sp³-hybridized carbons (Fsp3) is 0.316. The van der Waals surface area contributed by atoms with E-state index in [1.165, 1.54) is 16.6 Å². The molecule has 1 amide bonds. The smallest absolute Gasteiger partial charge is 0.280 e. The number of nitrogens with zero attached hydrogens (tertiary/aromatic N) is 5. The van der Waals surface area contributed by atoms with Crippen molar-refractivity contribution < 1.29 is 26.7 Å². The van der Waals surface area contributed by atoms with Gasteiger partial charge in [-0.1, -0.05) is 0 Å². The molecular weight excluding hydrogens is 409 g/mol. The van der Waals surface area contributed by atoms with Gasteiger partial charge in [0.1, 0.15) is 5.69 Å². The van der Waals surface area contributed by atoms with Crippen LogP contribution in [-0.4, -0.2) is 36.9 Å². The quantitative estimate of drug-likeness (QED) is 0.478. The van der Waals surface area contributed by atoms with Gasteiger partial charge >= 0.3 is 0 Å². The third kappa shape index (κ3) is 3.14. The normalized spacial score (nSPS) is 13.8. The highest BCUT2D eigenvalue weighted by atomic mass is 19.3. The van der Waals surface area contributed by atoms with Gasteiger partial charge in [0.15, 0.2) is 17.5 Å². The number of hydrogen-bond acceptors (Lipinski definition) is 3. The van der Waals surface area contributed by atoms with Crippen LogP contribution in [0.3, 0.4) is 0 Å². The van der Waals surface area contributed by atoms with Crippen molar-refractivity contribution >= 4 is 5.91 Å². The van der Waals surface area contributed by atoms with Gasteiger partial charge in [-0.25, -0.2) is 22.0 Å². The lowest BCUT2D eigenvalue weighted by Crippen LogP contribution is -2.36. The Morgan fingerprint density at radius 2 is 1.77 bits per heavy atom. The topological polar surface area (TPSA) is 56.0 Å². The lowest BCUT2D eigenvalue weighted by molar-refractivity contribution is 0.0718. The van der Waals surface area contributed by atoms with Crippen LogP contribution in [0, 0.1) is 17.5 Å². The Hall–Kier alpha value is -3.24. The molecule has 0 N–H and O–H groups in total. The monoisotopic (exact) mass is 425 g/mol. The van der Waals surface area contributed by atoms with Gasteiger partial charge in [0, 0.05) is 31.8 Å². The summed E-state index contributed by atoms with van der Waals surface area (Å²) in [5, 5.41) is 8.06. The van der Waals surface area contributed by atoms with Crippen molar-refractivity contribution in [3.8, 4) is 11.3 Å². The van der Waals surface area contributed by atoms with E-state index in [1.54, 1.807) is 7.05 Å². The second-order valence-electron chi connectivity index (χ2n) is 7.00. The zero-order valence-corrected chi connectivity index (χ0v) is 16.0. The number of rotatable bonds is 3. The molecule has 11 heteroatoms. The molecule has 1 aliphatic rings. The summed E-state index contributed by atoms with van der Waals surface area (Å²) < 4.78 is 69.6. The second kappa shape index (κ2) is 7.22. The number of carbonyl (C=O) groups is 1. The fourth-order valence-corrected chi connectivity index (χ4v) is 3.79. The number of halogens is 5. The molecule has 4 rings (SSSR count). The SMILES string of the molecule is Cn1nc2c(c1-c1cc(F)c(F)c(F)c1)CCN(C(=O)c1cnn(C)c1C(F)F)C2. The fourth-order valence-electron chi connectivity index (χ4n) is 3.79. The van der Waals surface area contributed by atoms with E-state index in [2.05, 4.69) is 10.2 Å². The van der Waals surface area contributed by atoms with Gasteiger partial charge in [-0.15, -0.1) is 0 Å². The van der Waals surface area contributed by atoms with Gasteiger partial charge in [-0.05, 0) is 18.6 Å². The largest absolute Gasteiger partial charge is 0.332 e. The van der Waals surface area contributed by atoms with Gasteiger partial charge in [0.05, 0.1) is 29.7 Å². The van der Waals surface area contributed by atoms with Crippen LogP contribution in [0.2, 0.25) is 0 Å². The van der Waals surface area contributed by atoms with Crippen LogP contribution in [0.4, 0.5) is 22.0 Å². The molecule has 0 radical (unpaired) electrons. The zero-order chi connectivity index (χ0) is 21.7. The molecule has 0 spiro atoms. The number of aryl methyl sites for hydroxylation is 2. The lowest BCUT2D eigenvalue weighted by Gasteiger charge is -2.26. The Morgan fingerprint density at radius 3 is 2.40 bits per heavy atom. The van der Waals surface area contributed by atoms with E-state index in [0.717, 1.165) is 23.0 Å². The summed E-state index contributed by atoms with van der Waals surface area (Å²) in [6.07, 6.45) is -1.47. The van der Waals surface area contributed by atoms with Crippen molar-refractivity contribution in [2.75, 3.05) is 6.54 Å². The first-order chi connectivity index (χ1) is 14.2. The molecule has 0 unspecified atom stereocenters. The number of hydrogen-bond donors (Lipinski definition) is 0. The lowest BCUT2D eigenvalue weighted by atomic mass is 9.99. The van der Waals surface area contributed by atoms with Crippen molar-refractivity contribution in [3.05, 3.63) is 58.3 Å². The number of amides is 1. The Kier molecular flexibility index (Phi) is 4.83. The molecule has 0 saturated heterocycles. The molecule has 30 heavy (non-hydrogen) atoms. The van der Waals surface area contributed by atoms with Crippen molar-refractivity contribution in [2.45, 2.75) is 19.4 Å². The summed E-state index contributed by atoms with van der Waals surface area (Å²) >= 11 is 0. The van der Waals surface area contributed by atoms with Crippen molar-refractivity contribution in [1.82, 2.24) is 24.5 Å². The van der Waals surface area contributed by atoms with E-state index in [1.807, 2.05) is 0 Å². The molecule has 1 aliphatic heterocycles. The summed E-state index contributed by atoms with van der Waals surface area (Å²) in [4.78, 5) is 14.2. The van der Waals surface area contributed by atoms with Crippen LogP contribution in [0.1, 0.15) is 33.7 Å². The van der Waals surface area contributed by atoms with E-state index >= 15 is 0 Å². The Bertz CT molecular complexity index is 1130. The Morgan fingerprint density at radius 1 is 1.10 bits per heavy atom. The second-order valence-corrected chi connectivity index (χ2v) is 7.00. The molecule has 0 fully saturated rings. The van der Waals surface area contributed by atoms with Crippen molar-refractivity contribution in [1.29, 1.82) is 0 Å². The third-order valence-electron chi connectivity index (χ3n) is 5.17. The number of fused-ring (bicyclic) bond motifs is 1. The first kappa shape index (κ1) is 20.0. The molecule has 0 saturated carbocycles. The van der Waals surface area contributed by atoms with E-state index in [9.17, 15) is 26.7 Å². The minimum atomic E-state index is -2.86. The summed E-state index contributed by atoms with van der Waals surface area (Å²) in [5.74, 6) is -4.79. The number of carbonyl (C=O) groups excluding carboxylic acids is 1. The Labute approximate surface area is 167 Å². The van der Waals surface area contributed by atoms with Gasteiger partial charge in [0.25, 0.3) is 12.3 Å². The van der Waals surface area contributed by atoms with Crippen LogP contribution in [0.5, 0.6) is 0 Å². The maximum atomic E-state index is 13.7. The molecule has 3 aromatic rings. The third-order valence-corrected chi connectivity index (χ3v) is 5.17. The predicted molar refractivity (Wildman–Crippen MR) is 95.1 cm³/mol. The average molecular weight is 425 g/mol. The van der Waals surface area contributed by atoms with Crippen LogP contribution in [0.25, 0.3) is 11.3 Å². The number of aromatic nitrogens is 4. The highest BCUT2D eigenvalue weighted by Crippen LogP contribution is 2.32. The Balaban J connectivity index is 1.67.